The third kappa shape index (κ3) is 2.98. The summed E-state index contributed by atoms with van der Waals surface area (Å²) in [6.45, 7) is 1.99. The highest BCUT2D eigenvalue weighted by atomic mass is 35.5. The van der Waals surface area contributed by atoms with E-state index < -0.39 is 16.0 Å². The molecule has 0 aliphatic heterocycles. The maximum atomic E-state index is 13.1. The van der Waals surface area contributed by atoms with Crippen molar-refractivity contribution >= 4 is 20.6 Å². The lowest BCUT2D eigenvalue weighted by molar-refractivity contribution is -0.0867. The van der Waals surface area contributed by atoms with Crippen molar-refractivity contribution in [3.8, 4) is 0 Å². The maximum absolute atomic E-state index is 13.1. The van der Waals surface area contributed by atoms with E-state index in [9.17, 15) is 13.2 Å². The Kier molecular flexibility index (Phi) is 5.05. The van der Waals surface area contributed by atoms with E-state index in [1.54, 1.807) is 30.3 Å². The lowest BCUT2D eigenvalue weighted by Crippen LogP contribution is -3.00. The van der Waals surface area contributed by atoms with E-state index in [4.69, 9.17) is 0 Å². The van der Waals surface area contributed by atoms with Gasteiger partial charge in [-0.25, -0.2) is 0 Å². The van der Waals surface area contributed by atoms with Crippen molar-refractivity contribution in [2.24, 2.45) is 0 Å². The van der Waals surface area contributed by atoms with E-state index in [2.05, 4.69) is 0 Å². The van der Waals surface area contributed by atoms with Crippen molar-refractivity contribution in [3.05, 3.63) is 35.2 Å². The van der Waals surface area contributed by atoms with Gasteiger partial charge in [-0.05, 0) is 18.6 Å². The molecular formula is C13H14ClF3S. The van der Waals surface area contributed by atoms with Gasteiger partial charge in [0.05, 0.1) is 10.5 Å². The van der Waals surface area contributed by atoms with E-state index in [-0.39, 0.29) is 12.4 Å². The number of fused-ring (bicyclic) bond motifs is 1. The molecule has 1 aromatic heterocycles. The molecule has 1 unspecified atom stereocenters. The molecule has 0 N–H and O–H groups in total. The van der Waals surface area contributed by atoms with Gasteiger partial charge in [0.15, 0.2) is 9.58 Å². The Morgan fingerprint density at radius 2 is 1.83 bits per heavy atom. The van der Waals surface area contributed by atoms with Crippen LogP contribution in [0.15, 0.2) is 30.3 Å². The molecule has 2 rings (SSSR count). The monoisotopic (exact) mass is 294 g/mol. The van der Waals surface area contributed by atoms with Crippen LogP contribution in [-0.4, -0.2) is 0 Å². The van der Waals surface area contributed by atoms with Crippen LogP contribution in [0.3, 0.4) is 0 Å². The maximum Gasteiger partial charge on any atom is 0.600 e. The molecule has 1 atom stereocenters. The lowest BCUT2D eigenvalue weighted by atomic mass is 10.2. The molecule has 100 valence electrons. The van der Waals surface area contributed by atoms with Crippen LogP contribution in [0.2, 0.25) is 0 Å². The van der Waals surface area contributed by atoms with Crippen molar-refractivity contribution in [1.29, 1.82) is 0 Å². The minimum Gasteiger partial charge on any atom is -1.00 e. The van der Waals surface area contributed by atoms with E-state index in [0.29, 0.717) is 16.0 Å². The molecule has 0 saturated heterocycles. The summed E-state index contributed by atoms with van der Waals surface area (Å²) in [6.07, 6.45) is 2.29. The number of aryl methyl sites for hydroxylation is 1. The third-order valence-electron chi connectivity index (χ3n) is 2.73. The van der Waals surface area contributed by atoms with Gasteiger partial charge in [0.1, 0.15) is 0 Å². The summed E-state index contributed by atoms with van der Waals surface area (Å²) >= 11 is 0. The second-order valence-electron chi connectivity index (χ2n) is 4.00. The molecule has 0 fully saturated rings. The summed E-state index contributed by atoms with van der Waals surface area (Å²) < 4.78 is 39.7. The Balaban J connectivity index is 0.00000162. The predicted molar refractivity (Wildman–Crippen MR) is 66.3 cm³/mol. The molecule has 0 nitrogen and oxygen atoms in total. The molecule has 0 bridgehead atoms. The average Bonchev–Trinajstić information content (AvgIpc) is 2.63. The number of benzene rings is 1. The number of hydrogen-bond acceptors (Lipinski definition) is 0. The molecule has 2 aromatic rings. The Morgan fingerprint density at radius 3 is 2.44 bits per heavy atom. The summed E-state index contributed by atoms with van der Waals surface area (Å²) in [7, 11) is -1.70. The zero-order valence-electron chi connectivity index (χ0n) is 9.93. The molecule has 5 heteroatoms. The van der Waals surface area contributed by atoms with Crippen LogP contribution in [0, 0.1) is 0 Å². The van der Waals surface area contributed by atoms with Gasteiger partial charge < -0.3 is 12.4 Å². The van der Waals surface area contributed by atoms with Crippen molar-refractivity contribution < 1.29 is 25.6 Å². The SMILES string of the molecule is CCCCc1cc2ccccc2[s+]1C(F)(F)F.[Cl-]. The topological polar surface area (TPSA) is 0 Å². The summed E-state index contributed by atoms with van der Waals surface area (Å²) in [5.74, 6) is 0. The van der Waals surface area contributed by atoms with Crippen molar-refractivity contribution in [2.75, 3.05) is 0 Å². The van der Waals surface area contributed by atoms with Gasteiger partial charge >= 0.3 is 5.51 Å². The molecule has 0 amide bonds. The van der Waals surface area contributed by atoms with Gasteiger partial charge in [-0.1, -0.05) is 25.5 Å². The first-order chi connectivity index (χ1) is 8.04. The Bertz CT molecular complexity index is 516. The van der Waals surface area contributed by atoms with Crippen LogP contribution in [0.1, 0.15) is 24.6 Å². The van der Waals surface area contributed by atoms with Crippen molar-refractivity contribution in [1.82, 2.24) is 0 Å². The van der Waals surface area contributed by atoms with E-state index in [1.165, 1.54) is 0 Å². The van der Waals surface area contributed by atoms with Gasteiger partial charge in [0.25, 0.3) is 0 Å². The summed E-state index contributed by atoms with van der Waals surface area (Å²) in [6, 6.07) is 8.56. The van der Waals surface area contributed by atoms with Crippen LogP contribution in [-0.2, 0) is 11.9 Å². The van der Waals surface area contributed by atoms with Crippen LogP contribution in [0.5, 0.6) is 0 Å². The van der Waals surface area contributed by atoms with Crippen LogP contribution < -0.4 is 12.4 Å². The lowest BCUT2D eigenvalue weighted by Gasteiger charge is -1.99. The molecular weight excluding hydrogens is 281 g/mol. The second kappa shape index (κ2) is 5.93. The number of halogens is 4. The van der Waals surface area contributed by atoms with Crippen molar-refractivity contribution in [3.63, 3.8) is 0 Å². The predicted octanol–water partition coefficient (Wildman–Crippen LogP) is 2.41. The summed E-state index contributed by atoms with van der Waals surface area (Å²) in [5.41, 5.74) is -4.15. The van der Waals surface area contributed by atoms with Gasteiger partial charge in [-0.2, -0.15) is 0 Å². The molecule has 0 spiro atoms. The molecule has 18 heavy (non-hydrogen) atoms. The summed E-state index contributed by atoms with van der Waals surface area (Å²) in [5, 5.41) is 0.735. The van der Waals surface area contributed by atoms with Gasteiger partial charge in [-0.3, -0.25) is 0 Å². The first-order valence-corrected chi connectivity index (χ1v) is 6.87. The Labute approximate surface area is 113 Å². The van der Waals surface area contributed by atoms with Crippen LogP contribution in [0.25, 0.3) is 10.1 Å². The van der Waals surface area contributed by atoms with Gasteiger partial charge in [0, 0.05) is 17.9 Å². The molecule has 1 heterocycles. The number of rotatable bonds is 3. The fraction of sp³-hybridized carbons (Fsp3) is 0.385. The quantitative estimate of drug-likeness (QED) is 0.763. The first-order valence-electron chi connectivity index (χ1n) is 5.64. The molecule has 1 aromatic carbocycles. The number of thiophene rings is 1. The fourth-order valence-corrected chi connectivity index (χ4v) is 3.96. The Morgan fingerprint density at radius 1 is 1.17 bits per heavy atom. The van der Waals surface area contributed by atoms with Gasteiger partial charge in [-0.15, -0.1) is 13.2 Å². The standard InChI is InChI=1S/C13H14F3S.ClH/c1-2-3-7-11-9-10-6-4-5-8-12(10)17(11)13(14,15)16;/h4-6,8-9H,2-3,7H2,1H3;1H/q+1;/p-1. The number of unbranched alkanes of at least 4 members (excludes halogenated alkanes) is 1. The minimum absolute atomic E-state index is 0. The smallest absolute Gasteiger partial charge is 0.600 e. The Hall–Kier alpha value is -0.740. The highest BCUT2D eigenvalue weighted by Crippen LogP contribution is 2.51. The second-order valence-corrected chi connectivity index (χ2v) is 6.04. The third-order valence-corrected chi connectivity index (χ3v) is 4.85. The fourth-order valence-electron chi connectivity index (χ4n) is 1.96. The normalized spacial score (nSPS) is 12.6. The highest BCUT2D eigenvalue weighted by molar-refractivity contribution is 7.38. The largest absolute Gasteiger partial charge is 1.00 e. The zero-order valence-corrected chi connectivity index (χ0v) is 11.5. The number of hydrogen-bond donors (Lipinski definition) is 0. The molecule has 0 saturated carbocycles. The van der Waals surface area contributed by atoms with E-state index >= 15 is 0 Å². The molecule has 0 aliphatic carbocycles. The van der Waals surface area contributed by atoms with Crippen LogP contribution >= 0.6 is 10.5 Å². The minimum atomic E-state index is -4.15. The van der Waals surface area contributed by atoms with Crippen molar-refractivity contribution in [2.45, 2.75) is 31.7 Å². The first kappa shape index (κ1) is 15.3. The molecule has 0 aliphatic rings. The zero-order chi connectivity index (χ0) is 12.5. The average molecular weight is 295 g/mol. The summed E-state index contributed by atoms with van der Waals surface area (Å²) in [4.78, 5) is 0.542. The van der Waals surface area contributed by atoms with E-state index in [1.807, 2.05) is 6.92 Å². The molecule has 0 radical (unpaired) electrons. The van der Waals surface area contributed by atoms with Gasteiger partial charge in [0.2, 0.25) is 0 Å². The number of alkyl halides is 3. The highest BCUT2D eigenvalue weighted by Gasteiger charge is 2.47. The van der Waals surface area contributed by atoms with E-state index in [0.717, 1.165) is 18.2 Å². The van der Waals surface area contributed by atoms with Crippen LogP contribution in [0.4, 0.5) is 13.2 Å².